The summed E-state index contributed by atoms with van der Waals surface area (Å²) in [6.45, 7) is 4.62. The molecule has 1 aliphatic rings. The maximum atomic E-state index is 11.6. The van der Waals surface area contributed by atoms with Gasteiger partial charge in [-0.15, -0.1) is 0 Å². The van der Waals surface area contributed by atoms with E-state index < -0.39 is 12.1 Å². The zero-order valence-corrected chi connectivity index (χ0v) is 11.2. The van der Waals surface area contributed by atoms with Gasteiger partial charge >= 0.3 is 5.97 Å². The van der Waals surface area contributed by atoms with Gasteiger partial charge in [0.1, 0.15) is 0 Å². The smallest absolute Gasteiger partial charge is 0.303 e. The van der Waals surface area contributed by atoms with Crippen LogP contribution in [0.15, 0.2) is 0 Å². The van der Waals surface area contributed by atoms with Crippen molar-refractivity contribution < 1.29 is 14.7 Å². The molecule has 1 atom stereocenters. The Kier molecular flexibility index (Phi) is 7.39. The molecule has 0 aromatic rings. The number of nitrogens with zero attached hydrogens (tertiary/aromatic N) is 1. The van der Waals surface area contributed by atoms with Crippen molar-refractivity contribution in [1.29, 1.82) is 0 Å². The molecule has 0 radical (unpaired) electrons. The number of carboxylic acid groups (broad SMARTS) is 1. The van der Waals surface area contributed by atoms with E-state index in [0.717, 1.165) is 32.7 Å². The van der Waals surface area contributed by atoms with Crippen LogP contribution in [-0.4, -0.2) is 60.8 Å². The van der Waals surface area contributed by atoms with E-state index >= 15 is 0 Å². The fourth-order valence-electron chi connectivity index (χ4n) is 2.02. The quantitative estimate of drug-likeness (QED) is 0.419. The standard InChI is InChI=1S/C12H24N4O3/c13-10(2-1-3-12(18)19)15-11(17)4-7-16-8-5-14-6-9-16/h10,14H,1-9,13H2,(H,15,17)(H,18,19). The van der Waals surface area contributed by atoms with Gasteiger partial charge in [0, 0.05) is 45.6 Å². The lowest BCUT2D eigenvalue weighted by molar-refractivity contribution is -0.137. The molecule has 7 nitrogen and oxygen atoms in total. The molecule has 0 aliphatic carbocycles. The first-order valence-electron chi connectivity index (χ1n) is 6.78. The molecule has 0 aromatic heterocycles. The summed E-state index contributed by atoms with van der Waals surface area (Å²) < 4.78 is 0. The maximum Gasteiger partial charge on any atom is 0.303 e. The van der Waals surface area contributed by atoms with Crippen LogP contribution in [-0.2, 0) is 9.59 Å². The summed E-state index contributed by atoms with van der Waals surface area (Å²) in [5.41, 5.74) is 5.72. The summed E-state index contributed by atoms with van der Waals surface area (Å²) >= 11 is 0. The first kappa shape index (κ1) is 15.9. The number of aliphatic carboxylic acids is 1. The van der Waals surface area contributed by atoms with Crippen LogP contribution in [0.4, 0.5) is 0 Å². The van der Waals surface area contributed by atoms with E-state index in [2.05, 4.69) is 15.5 Å². The van der Waals surface area contributed by atoms with E-state index in [-0.39, 0.29) is 12.3 Å². The molecule has 1 unspecified atom stereocenters. The van der Waals surface area contributed by atoms with E-state index in [1.165, 1.54) is 0 Å². The minimum Gasteiger partial charge on any atom is -0.481 e. The van der Waals surface area contributed by atoms with Crippen molar-refractivity contribution >= 4 is 11.9 Å². The molecule has 1 rings (SSSR count). The Morgan fingerprint density at radius 3 is 2.63 bits per heavy atom. The highest BCUT2D eigenvalue weighted by atomic mass is 16.4. The number of nitrogens with two attached hydrogens (primary N) is 1. The predicted molar refractivity (Wildman–Crippen MR) is 71.5 cm³/mol. The first-order valence-corrected chi connectivity index (χ1v) is 6.78. The molecule has 0 spiro atoms. The Morgan fingerprint density at radius 1 is 1.32 bits per heavy atom. The highest BCUT2D eigenvalue weighted by Gasteiger charge is 2.12. The van der Waals surface area contributed by atoms with Crippen LogP contribution in [0, 0.1) is 0 Å². The van der Waals surface area contributed by atoms with Crippen LogP contribution < -0.4 is 16.4 Å². The number of piperazine rings is 1. The summed E-state index contributed by atoms with van der Waals surface area (Å²) in [6, 6.07) is 0. The van der Waals surface area contributed by atoms with E-state index in [9.17, 15) is 9.59 Å². The van der Waals surface area contributed by atoms with Crippen molar-refractivity contribution in [3.05, 3.63) is 0 Å². The molecular formula is C12H24N4O3. The molecule has 0 bridgehead atoms. The lowest BCUT2D eigenvalue weighted by atomic mass is 10.2. The molecule has 1 heterocycles. The second-order valence-electron chi connectivity index (χ2n) is 4.80. The zero-order valence-electron chi connectivity index (χ0n) is 11.2. The number of amides is 1. The van der Waals surface area contributed by atoms with Crippen LogP contribution in [0.2, 0.25) is 0 Å². The van der Waals surface area contributed by atoms with Gasteiger partial charge in [0.2, 0.25) is 5.91 Å². The maximum absolute atomic E-state index is 11.6. The number of hydrogen-bond donors (Lipinski definition) is 4. The van der Waals surface area contributed by atoms with Gasteiger partial charge in [-0.3, -0.25) is 9.59 Å². The average molecular weight is 272 g/mol. The van der Waals surface area contributed by atoms with E-state index in [1.54, 1.807) is 0 Å². The summed E-state index contributed by atoms with van der Waals surface area (Å²) in [6.07, 6.45) is 1.05. The molecule has 1 fully saturated rings. The lowest BCUT2D eigenvalue weighted by Crippen LogP contribution is -2.46. The molecule has 0 aromatic carbocycles. The Morgan fingerprint density at radius 2 is 2.00 bits per heavy atom. The Balaban J connectivity index is 2.07. The SMILES string of the molecule is NC(CCCC(=O)O)NC(=O)CCN1CCNCC1. The summed E-state index contributed by atoms with van der Waals surface area (Å²) in [5.74, 6) is -0.904. The van der Waals surface area contributed by atoms with Crippen molar-refractivity contribution in [1.82, 2.24) is 15.5 Å². The number of carbonyl (C=O) groups excluding carboxylic acids is 1. The lowest BCUT2D eigenvalue weighted by Gasteiger charge is -2.27. The van der Waals surface area contributed by atoms with Crippen LogP contribution in [0.5, 0.6) is 0 Å². The van der Waals surface area contributed by atoms with Gasteiger partial charge in [-0.25, -0.2) is 0 Å². The highest BCUT2D eigenvalue weighted by molar-refractivity contribution is 5.76. The monoisotopic (exact) mass is 272 g/mol. The molecule has 5 N–H and O–H groups in total. The molecule has 1 saturated heterocycles. The molecule has 7 heteroatoms. The van der Waals surface area contributed by atoms with Crippen LogP contribution >= 0.6 is 0 Å². The van der Waals surface area contributed by atoms with E-state index in [1.807, 2.05) is 0 Å². The van der Waals surface area contributed by atoms with Gasteiger partial charge in [0.05, 0.1) is 6.17 Å². The molecule has 1 amide bonds. The predicted octanol–water partition coefficient (Wildman–Crippen LogP) is -1.06. The van der Waals surface area contributed by atoms with Crippen molar-refractivity contribution in [2.24, 2.45) is 5.73 Å². The minimum atomic E-state index is -0.836. The van der Waals surface area contributed by atoms with Crippen LogP contribution in [0.25, 0.3) is 0 Å². The number of carbonyl (C=O) groups is 2. The van der Waals surface area contributed by atoms with Crippen molar-refractivity contribution in [3.8, 4) is 0 Å². The fourth-order valence-corrected chi connectivity index (χ4v) is 2.02. The Bertz CT molecular complexity index is 293. The van der Waals surface area contributed by atoms with Gasteiger partial charge in [0.15, 0.2) is 0 Å². The normalized spacial score (nSPS) is 17.9. The number of rotatable bonds is 8. The highest BCUT2D eigenvalue weighted by Crippen LogP contribution is 1.98. The molecule has 19 heavy (non-hydrogen) atoms. The second-order valence-corrected chi connectivity index (χ2v) is 4.80. The third kappa shape index (κ3) is 7.76. The Hall–Kier alpha value is -1.18. The largest absolute Gasteiger partial charge is 0.481 e. The zero-order chi connectivity index (χ0) is 14.1. The van der Waals surface area contributed by atoms with E-state index in [4.69, 9.17) is 10.8 Å². The fraction of sp³-hybridized carbons (Fsp3) is 0.833. The molecule has 0 saturated carbocycles. The third-order valence-corrected chi connectivity index (χ3v) is 3.12. The summed E-state index contributed by atoms with van der Waals surface area (Å²) in [4.78, 5) is 24.2. The summed E-state index contributed by atoms with van der Waals surface area (Å²) in [7, 11) is 0. The van der Waals surface area contributed by atoms with Crippen LogP contribution in [0.3, 0.4) is 0 Å². The van der Waals surface area contributed by atoms with Crippen LogP contribution in [0.1, 0.15) is 25.7 Å². The number of carboxylic acids is 1. The summed E-state index contributed by atoms with van der Waals surface area (Å²) in [5, 5.41) is 14.5. The van der Waals surface area contributed by atoms with Crippen molar-refractivity contribution in [2.75, 3.05) is 32.7 Å². The van der Waals surface area contributed by atoms with Gasteiger partial charge in [-0.2, -0.15) is 0 Å². The van der Waals surface area contributed by atoms with Crippen molar-refractivity contribution in [2.45, 2.75) is 31.8 Å². The first-order chi connectivity index (χ1) is 9.08. The van der Waals surface area contributed by atoms with Gasteiger partial charge in [0.25, 0.3) is 0 Å². The number of hydrogen-bond acceptors (Lipinski definition) is 5. The van der Waals surface area contributed by atoms with E-state index in [0.29, 0.717) is 19.3 Å². The topological polar surface area (TPSA) is 108 Å². The molecule has 1 aliphatic heterocycles. The third-order valence-electron chi connectivity index (χ3n) is 3.12. The van der Waals surface area contributed by atoms with Gasteiger partial charge < -0.3 is 26.4 Å². The minimum absolute atomic E-state index is 0.0682. The van der Waals surface area contributed by atoms with Gasteiger partial charge in [-0.1, -0.05) is 0 Å². The number of nitrogens with one attached hydrogen (secondary N) is 2. The molecule has 110 valence electrons. The average Bonchev–Trinajstić information content (AvgIpc) is 2.37. The Labute approximate surface area is 113 Å². The van der Waals surface area contributed by atoms with Crippen molar-refractivity contribution in [3.63, 3.8) is 0 Å². The molecular weight excluding hydrogens is 248 g/mol. The second kappa shape index (κ2) is 8.84. The van der Waals surface area contributed by atoms with Gasteiger partial charge in [-0.05, 0) is 12.8 Å².